The van der Waals surface area contributed by atoms with Crippen LogP contribution >= 0.6 is 11.8 Å². The Hall–Kier alpha value is -1.52. The second kappa shape index (κ2) is 12.0. The first-order valence-corrected chi connectivity index (χ1v) is 10.5. The van der Waals surface area contributed by atoms with Crippen LogP contribution in [0.5, 0.6) is 0 Å². The predicted molar refractivity (Wildman–Crippen MR) is 103 cm³/mol. The molecular formula is C17H30N4O5S. The van der Waals surface area contributed by atoms with Gasteiger partial charge < -0.3 is 30.7 Å². The van der Waals surface area contributed by atoms with Crippen molar-refractivity contribution in [1.82, 2.24) is 21.3 Å². The molecule has 4 amide bonds. The number of thioether (sulfide) groups is 1. The van der Waals surface area contributed by atoms with Gasteiger partial charge in [-0.3, -0.25) is 9.59 Å². The smallest absolute Gasteiger partial charge is 0.315 e. The number of ether oxygens (including phenoxy) is 2. The van der Waals surface area contributed by atoms with E-state index in [2.05, 4.69) is 21.3 Å². The lowest BCUT2D eigenvalue weighted by Crippen LogP contribution is -2.36. The molecule has 2 fully saturated rings. The average Bonchev–Trinajstić information content (AvgIpc) is 3.20. The minimum absolute atomic E-state index is 0.0280. The Kier molecular flexibility index (Phi) is 9.71. The highest BCUT2D eigenvalue weighted by atomic mass is 32.2. The minimum atomic E-state index is -0.168. The number of hydrogen-bond acceptors (Lipinski definition) is 6. The van der Waals surface area contributed by atoms with Crippen LogP contribution in [0.2, 0.25) is 0 Å². The van der Waals surface area contributed by atoms with E-state index >= 15 is 0 Å². The van der Waals surface area contributed by atoms with Crippen molar-refractivity contribution in [1.29, 1.82) is 0 Å². The molecule has 0 aromatic rings. The summed E-state index contributed by atoms with van der Waals surface area (Å²) in [5.74, 6) is 0.825. The molecule has 0 saturated carbocycles. The van der Waals surface area contributed by atoms with Gasteiger partial charge in [0.25, 0.3) is 0 Å². The second-order valence-corrected chi connectivity index (χ2v) is 7.83. The van der Waals surface area contributed by atoms with Gasteiger partial charge in [-0.15, -0.1) is 0 Å². The molecule has 2 heterocycles. The monoisotopic (exact) mass is 402 g/mol. The third-order valence-electron chi connectivity index (χ3n) is 4.53. The first-order valence-electron chi connectivity index (χ1n) is 9.41. The molecule has 3 unspecified atom stereocenters. The molecule has 0 aromatic heterocycles. The van der Waals surface area contributed by atoms with Crippen LogP contribution in [-0.4, -0.2) is 81.0 Å². The Morgan fingerprint density at radius 3 is 2.78 bits per heavy atom. The largest absolute Gasteiger partial charge is 0.377 e. The SMILES string of the molecule is CNC(=O)COCCOCCNC(=O)CCCCC1SCC2NC(=O)NC21. The van der Waals surface area contributed by atoms with Gasteiger partial charge in [0.2, 0.25) is 11.8 Å². The molecular weight excluding hydrogens is 372 g/mol. The highest BCUT2D eigenvalue weighted by Gasteiger charge is 2.42. The number of carbonyl (C=O) groups excluding carboxylic acids is 3. The quantitative estimate of drug-likeness (QED) is 0.246. The van der Waals surface area contributed by atoms with Crippen LogP contribution in [0.3, 0.4) is 0 Å². The summed E-state index contributed by atoms with van der Waals surface area (Å²) < 4.78 is 10.4. The number of urea groups is 1. The molecule has 4 N–H and O–H groups in total. The van der Waals surface area contributed by atoms with Gasteiger partial charge in [-0.05, 0) is 12.8 Å². The Morgan fingerprint density at radius 1 is 1.15 bits per heavy atom. The highest BCUT2D eigenvalue weighted by Crippen LogP contribution is 2.33. The summed E-state index contributed by atoms with van der Waals surface area (Å²) >= 11 is 1.90. The van der Waals surface area contributed by atoms with Gasteiger partial charge in [-0.1, -0.05) is 6.42 Å². The number of unbranched alkanes of at least 4 members (excludes halogenated alkanes) is 1. The van der Waals surface area contributed by atoms with Crippen LogP contribution in [0.15, 0.2) is 0 Å². The fourth-order valence-electron chi connectivity index (χ4n) is 3.08. The molecule has 154 valence electrons. The summed E-state index contributed by atoms with van der Waals surface area (Å²) in [5.41, 5.74) is 0. The molecule has 2 rings (SSSR count). The van der Waals surface area contributed by atoms with E-state index in [1.54, 1.807) is 7.05 Å². The van der Waals surface area contributed by atoms with Crippen LogP contribution in [0, 0.1) is 0 Å². The van der Waals surface area contributed by atoms with E-state index < -0.39 is 0 Å². The van der Waals surface area contributed by atoms with Crippen LogP contribution in [0.1, 0.15) is 25.7 Å². The number of hydrogen-bond donors (Lipinski definition) is 4. The lowest BCUT2D eigenvalue weighted by molar-refractivity contribution is -0.126. The Labute approximate surface area is 164 Å². The van der Waals surface area contributed by atoms with E-state index in [1.807, 2.05) is 11.8 Å². The number of rotatable bonds is 13. The van der Waals surface area contributed by atoms with Gasteiger partial charge >= 0.3 is 6.03 Å². The van der Waals surface area contributed by atoms with E-state index in [0.29, 0.717) is 38.0 Å². The van der Waals surface area contributed by atoms with Crippen molar-refractivity contribution in [2.45, 2.75) is 43.0 Å². The molecule has 0 spiro atoms. The summed E-state index contributed by atoms with van der Waals surface area (Å²) in [6.45, 7) is 1.65. The molecule has 0 aromatic carbocycles. The molecule has 10 heteroatoms. The van der Waals surface area contributed by atoms with Crippen LogP contribution in [-0.2, 0) is 19.1 Å². The second-order valence-electron chi connectivity index (χ2n) is 6.56. The average molecular weight is 403 g/mol. The fraction of sp³-hybridized carbons (Fsp3) is 0.824. The summed E-state index contributed by atoms with van der Waals surface area (Å²) in [4.78, 5) is 34.1. The normalized spacial score (nSPS) is 23.4. The lowest BCUT2D eigenvalue weighted by atomic mass is 10.0. The van der Waals surface area contributed by atoms with Gasteiger partial charge in [0, 0.05) is 31.0 Å². The van der Waals surface area contributed by atoms with E-state index in [0.717, 1.165) is 25.0 Å². The van der Waals surface area contributed by atoms with Crippen molar-refractivity contribution in [2.75, 3.05) is 45.8 Å². The van der Waals surface area contributed by atoms with Crippen molar-refractivity contribution in [2.24, 2.45) is 0 Å². The maximum Gasteiger partial charge on any atom is 0.315 e. The van der Waals surface area contributed by atoms with Crippen molar-refractivity contribution >= 4 is 29.6 Å². The number of likely N-dealkylation sites (N-methyl/N-ethyl adjacent to an activating group) is 1. The molecule has 27 heavy (non-hydrogen) atoms. The van der Waals surface area contributed by atoms with Crippen molar-refractivity contribution in [3.8, 4) is 0 Å². The third-order valence-corrected chi connectivity index (χ3v) is 6.04. The fourth-order valence-corrected chi connectivity index (χ4v) is 4.63. The third kappa shape index (κ3) is 7.94. The molecule has 3 atom stereocenters. The number of nitrogens with one attached hydrogen (secondary N) is 4. The Balaban J connectivity index is 1.39. The zero-order valence-corrected chi connectivity index (χ0v) is 16.6. The predicted octanol–water partition coefficient (Wildman–Crippen LogP) is -0.392. The minimum Gasteiger partial charge on any atom is -0.377 e. The van der Waals surface area contributed by atoms with Gasteiger partial charge in [-0.25, -0.2) is 4.79 Å². The lowest BCUT2D eigenvalue weighted by Gasteiger charge is -2.16. The summed E-state index contributed by atoms with van der Waals surface area (Å²) in [6, 6.07) is 0.425. The molecule has 0 radical (unpaired) electrons. The zero-order valence-electron chi connectivity index (χ0n) is 15.8. The van der Waals surface area contributed by atoms with E-state index in [4.69, 9.17) is 9.47 Å². The molecule has 2 saturated heterocycles. The van der Waals surface area contributed by atoms with E-state index in [9.17, 15) is 14.4 Å². The van der Waals surface area contributed by atoms with E-state index in [1.165, 1.54) is 0 Å². The molecule has 2 aliphatic rings. The van der Waals surface area contributed by atoms with E-state index in [-0.39, 0.29) is 36.5 Å². The standard InChI is InChI=1S/C17H30N4O5S/c1-18-15(23)10-26-9-8-25-7-6-19-14(22)5-3-2-4-13-16-12(11-27-13)20-17(24)21-16/h12-13,16H,2-11H2,1H3,(H,18,23)(H,19,22)(H2,20,21,24). The first kappa shape index (κ1) is 21.8. The number of carbonyl (C=O) groups is 3. The maximum atomic E-state index is 11.8. The van der Waals surface area contributed by atoms with Crippen molar-refractivity contribution in [3.63, 3.8) is 0 Å². The number of fused-ring (bicyclic) bond motifs is 1. The van der Waals surface area contributed by atoms with Crippen LogP contribution in [0.25, 0.3) is 0 Å². The van der Waals surface area contributed by atoms with Crippen LogP contribution < -0.4 is 21.3 Å². The summed E-state index contributed by atoms with van der Waals surface area (Å²) in [7, 11) is 1.56. The molecule has 2 aliphatic heterocycles. The molecule has 9 nitrogen and oxygen atoms in total. The van der Waals surface area contributed by atoms with Crippen LogP contribution in [0.4, 0.5) is 4.79 Å². The van der Waals surface area contributed by atoms with Crippen molar-refractivity contribution < 1.29 is 23.9 Å². The Morgan fingerprint density at radius 2 is 1.96 bits per heavy atom. The highest BCUT2D eigenvalue weighted by molar-refractivity contribution is 8.00. The maximum absolute atomic E-state index is 11.8. The zero-order chi connectivity index (χ0) is 19.5. The van der Waals surface area contributed by atoms with Gasteiger partial charge in [0.15, 0.2) is 0 Å². The van der Waals surface area contributed by atoms with Gasteiger partial charge in [0.05, 0.1) is 31.9 Å². The van der Waals surface area contributed by atoms with Gasteiger partial charge in [-0.2, -0.15) is 11.8 Å². The topological polar surface area (TPSA) is 118 Å². The number of amides is 4. The molecule has 0 aliphatic carbocycles. The summed E-state index contributed by atoms with van der Waals surface area (Å²) in [5, 5.41) is 11.7. The Bertz CT molecular complexity index is 508. The van der Waals surface area contributed by atoms with Gasteiger partial charge in [0.1, 0.15) is 6.61 Å². The summed E-state index contributed by atoms with van der Waals surface area (Å²) in [6.07, 6.45) is 3.34. The molecule has 0 bridgehead atoms. The first-order chi connectivity index (χ1) is 13.1. The van der Waals surface area contributed by atoms with Crippen molar-refractivity contribution in [3.05, 3.63) is 0 Å².